The molecule has 0 bridgehead atoms. The fourth-order valence-corrected chi connectivity index (χ4v) is 1.67. The second-order valence-electron chi connectivity index (χ2n) is 4.38. The molecule has 2 aromatic rings. The summed E-state index contributed by atoms with van der Waals surface area (Å²) in [4.78, 5) is 15.4. The van der Waals surface area contributed by atoms with E-state index in [4.69, 9.17) is 0 Å². The molecule has 0 aliphatic heterocycles. The van der Waals surface area contributed by atoms with Gasteiger partial charge in [-0.3, -0.25) is 9.78 Å². The van der Waals surface area contributed by atoms with E-state index in [1.54, 1.807) is 6.92 Å². The average Bonchev–Trinajstić information content (AvgIpc) is 2.41. The van der Waals surface area contributed by atoms with Crippen LogP contribution in [0.25, 0.3) is 0 Å². The van der Waals surface area contributed by atoms with Crippen LogP contribution < -0.4 is 5.32 Å². The molecular weight excluding hydrogens is 285 g/mol. The monoisotopic (exact) mass is 296 g/mol. The Labute approximate surface area is 118 Å². The van der Waals surface area contributed by atoms with Gasteiger partial charge in [0, 0.05) is 11.9 Å². The molecule has 0 atom stereocenters. The molecule has 0 radical (unpaired) electrons. The maximum atomic E-state index is 12.4. The fourth-order valence-electron chi connectivity index (χ4n) is 1.67. The van der Waals surface area contributed by atoms with Gasteiger partial charge in [-0.1, -0.05) is 0 Å². The number of phenolic OH excluding ortho intramolecular Hbond substituents is 1. The zero-order valence-corrected chi connectivity index (χ0v) is 10.9. The summed E-state index contributed by atoms with van der Waals surface area (Å²) in [6.45, 7) is 1.68. The number of phenols is 1. The molecule has 7 heteroatoms. The number of anilines is 1. The van der Waals surface area contributed by atoms with E-state index >= 15 is 0 Å². The summed E-state index contributed by atoms with van der Waals surface area (Å²) in [7, 11) is 0. The van der Waals surface area contributed by atoms with Gasteiger partial charge >= 0.3 is 6.18 Å². The van der Waals surface area contributed by atoms with Crippen molar-refractivity contribution in [3.63, 3.8) is 0 Å². The predicted molar refractivity (Wildman–Crippen MR) is 70.0 cm³/mol. The van der Waals surface area contributed by atoms with Crippen LogP contribution in [0.4, 0.5) is 18.9 Å². The molecule has 0 saturated carbocycles. The van der Waals surface area contributed by atoms with Crippen LogP contribution in [0.2, 0.25) is 0 Å². The first-order valence-corrected chi connectivity index (χ1v) is 5.91. The van der Waals surface area contributed by atoms with Crippen LogP contribution in [0.15, 0.2) is 36.5 Å². The summed E-state index contributed by atoms with van der Waals surface area (Å²) < 4.78 is 37.2. The molecular formula is C14H11F3N2O2. The van der Waals surface area contributed by atoms with Crippen molar-refractivity contribution in [3.05, 3.63) is 53.3 Å². The minimum atomic E-state index is -4.49. The van der Waals surface area contributed by atoms with E-state index in [1.165, 1.54) is 18.2 Å². The first-order chi connectivity index (χ1) is 9.77. The topological polar surface area (TPSA) is 62.2 Å². The number of benzene rings is 1. The predicted octanol–water partition coefficient (Wildman–Crippen LogP) is 3.37. The Morgan fingerprint density at radius 2 is 1.95 bits per heavy atom. The van der Waals surface area contributed by atoms with Crippen molar-refractivity contribution in [1.82, 2.24) is 4.98 Å². The van der Waals surface area contributed by atoms with Gasteiger partial charge in [0.25, 0.3) is 5.91 Å². The number of pyridine rings is 1. The highest BCUT2D eigenvalue weighted by molar-refractivity contribution is 6.03. The Morgan fingerprint density at radius 3 is 2.48 bits per heavy atom. The molecule has 21 heavy (non-hydrogen) atoms. The highest BCUT2D eigenvalue weighted by Crippen LogP contribution is 2.28. The summed E-state index contributed by atoms with van der Waals surface area (Å²) in [5.41, 5.74) is 0.0186. The van der Waals surface area contributed by atoms with E-state index in [1.807, 2.05) is 0 Å². The Bertz CT molecular complexity index is 667. The van der Waals surface area contributed by atoms with Crippen LogP contribution in [0, 0.1) is 6.92 Å². The van der Waals surface area contributed by atoms with Crippen molar-refractivity contribution in [3.8, 4) is 5.75 Å². The molecule has 0 spiro atoms. The molecule has 2 N–H and O–H groups in total. The number of hydrogen-bond acceptors (Lipinski definition) is 3. The summed E-state index contributed by atoms with van der Waals surface area (Å²) in [6, 6.07) is 6.14. The molecule has 0 aliphatic rings. The van der Waals surface area contributed by atoms with Gasteiger partial charge in [0.05, 0.1) is 5.56 Å². The van der Waals surface area contributed by atoms with Gasteiger partial charge < -0.3 is 10.4 Å². The molecule has 2 rings (SSSR count). The van der Waals surface area contributed by atoms with Gasteiger partial charge in [0.15, 0.2) is 0 Å². The third-order valence-corrected chi connectivity index (χ3v) is 2.78. The molecule has 0 aliphatic carbocycles. The number of aromatic hydroxyl groups is 1. The second-order valence-corrected chi connectivity index (χ2v) is 4.38. The first kappa shape index (κ1) is 14.8. The number of carbonyl (C=O) groups is 1. The van der Waals surface area contributed by atoms with Gasteiger partial charge in [-0.25, -0.2) is 0 Å². The molecule has 1 amide bonds. The van der Waals surface area contributed by atoms with E-state index in [2.05, 4.69) is 10.3 Å². The lowest BCUT2D eigenvalue weighted by Gasteiger charge is -2.09. The highest BCUT2D eigenvalue weighted by atomic mass is 19.4. The number of hydrogen-bond donors (Lipinski definition) is 2. The molecule has 1 aromatic carbocycles. The SMILES string of the molecule is Cc1cc(O)ccc1NC(=O)c1ccc(C(F)(F)F)cn1. The first-order valence-electron chi connectivity index (χ1n) is 5.91. The summed E-state index contributed by atoms with van der Waals surface area (Å²) in [5.74, 6) is -0.573. The number of rotatable bonds is 2. The van der Waals surface area contributed by atoms with E-state index in [-0.39, 0.29) is 11.4 Å². The molecule has 4 nitrogen and oxygen atoms in total. The number of carbonyl (C=O) groups excluding carboxylic acids is 1. The number of amides is 1. The number of alkyl halides is 3. The van der Waals surface area contributed by atoms with Crippen molar-refractivity contribution in [2.45, 2.75) is 13.1 Å². The number of nitrogens with one attached hydrogen (secondary N) is 1. The second kappa shape index (κ2) is 5.43. The molecule has 110 valence electrons. The number of aromatic nitrogens is 1. The van der Waals surface area contributed by atoms with Gasteiger partial charge in [-0.2, -0.15) is 13.2 Å². The van der Waals surface area contributed by atoms with Crippen molar-refractivity contribution < 1.29 is 23.1 Å². The van der Waals surface area contributed by atoms with Crippen LogP contribution in [0.1, 0.15) is 21.6 Å². The molecule has 0 fully saturated rings. The van der Waals surface area contributed by atoms with Crippen molar-refractivity contribution in [2.24, 2.45) is 0 Å². The van der Waals surface area contributed by atoms with Crippen LogP contribution >= 0.6 is 0 Å². The average molecular weight is 296 g/mol. The van der Waals surface area contributed by atoms with E-state index in [0.29, 0.717) is 17.4 Å². The van der Waals surface area contributed by atoms with Crippen molar-refractivity contribution in [1.29, 1.82) is 0 Å². The van der Waals surface area contributed by atoms with Crippen LogP contribution in [-0.2, 0) is 6.18 Å². The van der Waals surface area contributed by atoms with Crippen molar-refractivity contribution >= 4 is 11.6 Å². The third kappa shape index (κ3) is 3.50. The normalized spacial score (nSPS) is 11.2. The third-order valence-electron chi connectivity index (χ3n) is 2.78. The summed E-state index contributed by atoms with van der Waals surface area (Å²) >= 11 is 0. The standard InChI is InChI=1S/C14H11F3N2O2/c1-8-6-10(20)3-5-11(8)19-13(21)12-4-2-9(7-18-12)14(15,16)17/h2-7,20H,1H3,(H,19,21). The number of aryl methyl sites for hydroxylation is 1. The van der Waals surface area contributed by atoms with E-state index < -0.39 is 17.6 Å². The lowest BCUT2D eigenvalue weighted by Crippen LogP contribution is -2.15. The molecule has 0 unspecified atom stereocenters. The quantitative estimate of drug-likeness (QED) is 0.835. The lowest BCUT2D eigenvalue weighted by atomic mass is 10.2. The maximum Gasteiger partial charge on any atom is 0.417 e. The zero-order valence-electron chi connectivity index (χ0n) is 10.9. The van der Waals surface area contributed by atoms with Gasteiger partial charge in [0.1, 0.15) is 11.4 Å². The maximum absolute atomic E-state index is 12.4. The largest absolute Gasteiger partial charge is 0.508 e. The van der Waals surface area contributed by atoms with Gasteiger partial charge in [-0.05, 0) is 42.8 Å². The molecule has 1 heterocycles. The van der Waals surface area contributed by atoms with E-state index in [0.717, 1.165) is 12.1 Å². The smallest absolute Gasteiger partial charge is 0.417 e. The minimum absolute atomic E-state index is 0.0538. The number of nitrogens with zero attached hydrogens (tertiary/aromatic N) is 1. The van der Waals surface area contributed by atoms with E-state index in [9.17, 15) is 23.1 Å². The Kier molecular flexibility index (Phi) is 3.84. The fraction of sp³-hybridized carbons (Fsp3) is 0.143. The van der Waals surface area contributed by atoms with Crippen LogP contribution in [0.3, 0.4) is 0 Å². The highest BCUT2D eigenvalue weighted by Gasteiger charge is 2.30. The summed E-state index contributed by atoms with van der Waals surface area (Å²) in [5, 5.41) is 11.8. The van der Waals surface area contributed by atoms with Crippen molar-refractivity contribution in [2.75, 3.05) is 5.32 Å². The Morgan fingerprint density at radius 1 is 1.24 bits per heavy atom. The lowest BCUT2D eigenvalue weighted by molar-refractivity contribution is -0.137. The number of halogens is 3. The Hall–Kier alpha value is -2.57. The van der Waals surface area contributed by atoms with Gasteiger partial charge in [0.2, 0.25) is 0 Å². The zero-order chi connectivity index (χ0) is 15.6. The van der Waals surface area contributed by atoms with Crippen LogP contribution in [0.5, 0.6) is 5.75 Å². The summed E-state index contributed by atoms with van der Waals surface area (Å²) in [6.07, 6.45) is -3.88. The molecule has 1 aromatic heterocycles. The van der Waals surface area contributed by atoms with Crippen LogP contribution in [-0.4, -0.2) is 16.0 Å². The molecule has 0 saturated heterocycles. The minimum Gasteiger partial charge on any atom is -0.508 e. The Balaban J connectivity index is 2.17. The van der Waals surface area contributed by atoms with Gasteiger partial charge in [-0.15, -0.1) is 0 Å².